The number of allylic oxidation sites excluding steroid dienone is 4. The summed E-state index contributed by atoms with van der Waals surface area (Å²) in [6, 6.07) is 13.4. The maximum absolute atomic E-state index is 10.3. The van der Waals surface area contributed by atoms with Gasteiger partial charge in [-0.1, -0.05) is 118 Å². The summed E-state index contributed by atoms with van der Waals surface area (Å²) in [5.74, 6) is 0.0465. The van der Waals surface area contributed by atoms with Crippen LogP contribution in [0.25, 0.3) is 11.1 Å². The number of halogens is 6. The van der Waals surface area contributed by atoms with Gasteiger partial charge in [-0.25, -0.2) is 0 Å². The third-order valence-corrected chi connectivity index (χ3v) is 7.38. The highest BCUT2D eigenvalue weighted by Crippen LogP contribution is 2.49. The molecule has 2 aliphatic rings. The Kier molecular flexibility index (Phi) is 7.06. The fraction of sp³-hybridized carbons (Fsp3) is 0.167. The zero-order valence-electron chi connectivity index (χ0n) is 16.7. The summed E-state index contributed by atoms with van der Waals surface area (Å²) in [4.78, 5) is 0. The molecule has 172 valence electrons. The van der Waals surface area contributed by atoms with Crippen LogP contribution in [0.3, 0.4) is 0 Å². The van der Waals surface area contributed by atoms with Crippen molar-refractivity contribution in [3.8, 4) is 11.5 Å². The van der Waals surface area contributed by atoms with E-state index in [-0.39, 0.29) is 21.6 Å². The van der Waals surface area contributed by atoms with Crippen LogP contribution >= 0.6 is 69.6 Å². The van der Waals surface area contributed by atoms with Crippen LogP contribution in [0.2, 0.25) is 0 Å². The molecule has 2 aromatic rings. The van der Waals surface area contributed by atoms with E-state index in [0.717, 1.165) is 0 Å². The molecule has 0 saturated heterocycles. The Labute approximate surface area is 221 Å². The molecule has 2 aromatic carbocycles. The molecule has 2 unspecified atom stereocenters. The SMILES string of the molecule is Oc1ccccc1C1=C(Cl)C(OC2C(Cl)=C(c3ccccc3O)C=CC2(Cl)Cl)C(Cl)(Cl)C=C1. The van der Waals surface area contributed by atoms with Crippen molar-refractivity contribution in [3.05, 3.63) is 94.0 Å². The molecule has 4 rings (SSSR count). The maximum Gasteiger partial charge on any atom is 0.167 e. The predicted molar refractivity (Wildman–Crippen MR) is 138 cm³/mol. The van der Waals surface area contributed by atoms with Crippen LogP contribution in [0.1, 0.15) is 11.1 Å². The van der Waals surface area contributed by atoms with Gasteiger partial charge in [-0.3, -0.25) is 0 Å². The predicted octanol–water partition coefficient (Wildman–Crippen LogP) is 7.94. The summed E-state index contributed by atoms with van der Waals surface area (Å²) in [6.07, 6.45) is 3.96. The first-order valence-electron chi connectivity index (χ1n) is 9.68. The zero-order valence-corrected chi connectivity index (χ0v) is 21.2. The van der Waals surface area contributed by atoms with Gasteiger partial charge < -0.3 is 14.9 Å². The highest BCUT2D eigenvalue weighted by atomic mass is 35.5. The Morgan fingerprint density at radius 3 is 1.36 bits per heavy atom. The zero-order chi connectivity index (χ0) is 24.0. The topological polar surface area (TPSA) is 49.7 Å². The largest absolute Gasteiger partial charge is 0.507 e. The summed E-state index contributed by atoms with van der Waals surface area (Å²) in [5, 5.41) is 20.9. The van der Waals surface area contributed by atoms with Crippen molar-refractivity contribution < 1.29 is 14.9 Å². The molecule has 0 aromatic heterocycles. The third kappa shape index (κ3) is 4.78. The molecule has 0 amide bonds. The van der Waals surface area contributed by atoms with Crippen LogP contribution in [-0.4, -0.2) is 31.1 Å². The van der Waals surface area contributed by atoms with E-state index in [1.165, 1.54) is 24.3 Å². The second-order valence-electron chi connectivity index (χ2n) is 7.47. The lowest BCUT2D eigenvalue weighted by atomic mass is 9.94. The number of alkyl halides is 4. The highest BCUT2D eigenvalue weighted by Gasteiger charge is 2.47. The molecule has 2 aliphatic carbocycles. The molecule has 0 radical (unpaired) electrons. The Hall–Kier alpha value is -1.30. The fourth-order valence-electron chi connectivity index (χ4n) is 3.62. The number of phenols is 2. The van der Waals surface area contributed by atoms with E-state index >= 15 is 0 Å². The van der Waals surface area contributed by atoms with E-state index in [0.29, 0.717) is 22.3 Å². The minimum atomic E-state index is -1.58. The van der Waals surface area contributed by atoms with E-state index in [1.807, 2.05) is 0 Å². The number of aromatic hydroxyl groups is 2. The van der Waals surface area contributed by atoms with Crippen molar-refractivity contribution in [1.82, 2.24) is 0 Å². The van der Waals surface area contributed by atoms with Gasteiger partial charge in [0, 0.05) is 22.3 Å². The summed E-state index contributed by atoms with van der Waals surface area (Å²) in [5.41, 5.74) is 1.89. The number of hydrogen-bond donors (Lipinski definition) is 2. The van der Waals surface area contributed by atoms with Crippen molar-refractivity contribution in [2.45, 2.75) is 20.9 Å². The van der Waals surface area contributed by atoms with Crippen molar-refractivity contribution >= 4 is 80.8 Å². The standard InChI is InChI=1S/C24H16Cl6O3/c25-19-15(13-5-1-3-7-17(13)31)9-11-23(27,28)21(19)33-22-20(26)16(10-12-24(22,29)30)14-6-2-4-8-18(14)32/h1-12,21-22,31-32H. The van der Waals surface area contributed by atoms with Crippen LogP contribution < -0.4 is 0 Å². The van der Waals surface area contributed by atoms with Crippen LogP contribution in [0.15, 0.2) is 82.9 Å². The Morgan fingerprint density at radius 1 is 0.636 bits per heavy atom. The number of para-hydroxylation sites is 2. The van der Waals surface area contributed by atoms with Crippen molar-refractivity contribution in [2.75, 3.05) is 0 Å². The van der Waals surface area contributed by atoms with E-state index in [1.54, 1.807) is 48.6 Å². The van der Waals surface area contributed by atoms with Crippen molar-refractivity contribution in [2.24, 2.45) is 0 Å². The lowest BCUT2D eigenvalue weighted by Gasteiger charge is -2.39. The molecule has 0 spiro atoms. The van der Waals surface area contributed by atoms with Gasteiger partial charge in [0.1, 0.15) is 23.7 Å². The lowest BCUT2D eigenvalue weighted by Crippen LogP contribution is -2.44. The summed E-state index contributed by atoms with van der Waals surface area (Å²) >= 11 is 39.5. The third-order valence-electron chi connectivity index (χ3n) is 5.28. The van der Waals surface area contributed by atoms with E-state index < -0.39 is 20.9 Å². The number of hydrogen-bond acceptors (Lipinski definition) is 3. The van der Waals surface area contributed by atoms with Gasteiger partial charge in [-0.05, 0) is 24.3 Å². The van der Waals surface area contributed by atoms with Gasteiger partial charge >= 0.3 is 0 Å². The molecule has 0 aliphatic heterocycles. The molecule has 2 atom stereocenters. The van der Waals surface area contributed by atoms with Gasteiger partial charge in [0.05, 0.1) is 10.1 Å². The van der Waals surface area contributed by atoms with Gasteiger partial charge in [-0.2, -0.15) is 0 Å². The molecule has 0 fully saturated rings. The average Bonchev–Trinajstić information content (AvgIpc) is 2.74. The van der Waals surface area contributed by atoms with Gasteiger partial charge in [0.15, 0.2) is 8.67 Å². The molecule has 0 heterocycles. The van der Waals surface area contributed by atoms with E-state index in [4.69, 9.17) is 74.3 Å². The first-order valence-corrected chi connectivity index (χ1v) is 12.0. The molecule has 3 nitrogen and oxygen atoms in total. The fourth-order valence-corrected chi connectivity index (χ4v) is 5.51. The highest BCUT2D eigenvalue weighted by molar-refractivity contribution is 6.53. The maximum atomic E-state index is 10.3. The Bertz CT molecular complexity index is 1120. The first kappa shape index (κ1) is 24.8. The summed E-state index contributed by atoms with van der Waals surface area (Å²) < 4.78 is 3.04. The molecule has 33 heavy (non-hydrogen) atoms. The van der Waals surface area contributed by atoms with Crippen LogP contribution in [-0.2, 0) is 4.74 Å². The molecule has 0 bridgehead atoms. The number of ether oxygens (including phenoxy) is 1. The normalized spacial score (nSPS) is 23.8. The second kappa shape index (κ2) is 9.39. The number of rotatable bonds is 4. The second-order valence-corrected chi connectivity index (χ2v) is 11.2. The van der Waals surface area contributed by atoms with Gasteiger partial charge in [0.25, 0.3) is 0 Å². The molecule has 2 N–H and O–H groups in total. The number of phenolic OH excluding ortho intramolecular Hbond substituents is 2. The van der Waals surface area contributed by atoms with Crippen molar-refractivity contribution in [3.63, 3.8) is 0 Å². The summed E-state index contributed by atoms with van der Waals surface area (Å²) in [7, 11) is 0. The lowest BCUT2D eigenvalue weighted by molar-refractivity contribution is 0.0311. The molecular weight excluding hydrogens is 549 g/mol. The Balaban J connectivity index is 1.78. The van der Waals surface area contributed by atoms with E-state index in [2.05, 4.69) is 0 Å². The minimum Gasteiger partial charge on any atom is -0.507 e. The van der Waals surface area contributed by atoms with Crippen LogP contribution in [0.4, 0.5) is 0 Å². The smallest absolute Gasteiger partial charge is 0.167 e. The number of benzene rings is 2. The molecular formula is C24H16Cl6O3. The van der Waals surface area contributed by atoms with E-state index in [9.17, 15) is 10.2 Å². The van der Waals surface area contributed by atoms with Crippen molar-refractivity contribution in [1.29, 1.82) is 0 Å². The van der Waals surface area contributed by atoms with Crippen LogP contribution in [0, 0.1) is 0 Å². The average molecular weight is 565 g/mol. The molecule has 0 saturated carbocycles. The Morgan fingerprint density at radius 2 is 1.00 bits per heavy atom. The molecule has 9 heteroatoms. The summed E-state index contributed by atoms with van der Waals surface area (Å²) in [6.45, 7) is 0. The monoisotopic (exact) mass is 562 g/mol. The quantitative estimate of drug-likeness (QED) is 0.371. The first-order chi connectivity index (χ1) is 15.5. The van der Waals surface area contributed by atoms with Gasteiger partial charge in [-0.15, -0.1) is 0 Å². The van der Waals surface area contributed by atoms with Crippen LogP contribution in [0.5, 0.6) is 11.5 Å². The minimum absolute atomic E-state index is 0.0232. The van der Waals surface area contributed by atoms with Gasteiger partial charge in [0.2, 0.25) is 0 Å².